The highest BCUT2D eigenvalue weighted by atomic mass is 19.1. The van der Waals surface area contributed by atoms with Gasteiger partial charge in [-0.05, 0) is 49.3 Å². The Bertz CT molecular complexity index is 636. The SMILES string of the molecule is C=CC(C)C1CC(CCc2ccc(C)cc2F)C(OCO)=CC1=O.CC. The number of allylic oxidation sites excluding steroid dienone is 3. The Hall–Kier alpha value is -1.94. The van der Waals surface area contributed by atoms with Crippen molar-refractivity contribution in [3.8, 4) is 0 Å². The smallest absolute Gasteiger partial charge is 0.185 e. The van der Waals surface area contributed by atoms with E-state index in [-0.39, 0.29) is 29.4 Å². The lowest BCUT2D eigenvalue weighted by molar-refractivity contribution is -0.121. The van der Waals surface area contributed by atoms with E-state index in [1.54, 1.807) is 12.1 Å². The van der Waals surface area contributed by atoms with Crippen LogP contribution >= 0.6 is 0 Å². The number of aliphatic hydroxyl groups is 1. The zero-order valence-corrected chi connectivity index (χ0v) is 16.3. The summed E-state index contributed by atoms with van der Waals surface area (Å²) in [7, 11) is 0. The van der Waals surface area contributed by atoms with Crippen LogP contribution in [0.2, 0.25) is 0 Å². The monoisotopic (exact) mass is 362 g/mol. The first kappa shape index (κ1) is 22.1. The minimum absolute atomic E-state index is 0.00335. The minimum Gasteiger partial charge on any atom is -0.472 e. The van der Waals surface area contributed by atoms with Crippen LogP contribution in [-0.4, -0.2) is 17.7 Å². The van der Waals surface area contributed by atoms with Crippen LogP contribution in [0, 0.1) is 30.5 Å². The van der Waals surface area contributed by atoms with Crippen molar-refractivity contribution in [2.45, 2.75) is 47.0 Å². The van der Waals surface area contributed by atoms with Crippen molar-refractivity contribution < 1.29 is 19.0 Å². The quantitative estimate of drug-likeness (QED) is 0.550. The van der Waals surface area contributed by atoms with Crippen molar-refractivity contribution in [2.24, 2.45) is 17.8 Å². The molecule has 26 heavy (non-hydrogen) atoms. The summed E-state index contributed by atoms with van der Waals surface area (Å²) in [5.41, 5.74) is 1.55. The lowest BCUT2D eigenvalue weighted by Crippen LogP contribution is -2.29. The van der Waals surface area contributed by atoms with E-state index in [9.17, 15) is 9.18 Å². The van der Waals surface area contributed by atoms with E-state index < -0.39 is 6.79 Å². The molecule has 0 saturated carbocycles. The molecular weight excluding hydrogens is 331 g/mol. The summed E-state index contributed by atoms with van der Waals surface area (Å²) in [5.74, 6) is 0.227. The van der Waals surface area contributed by atoms with E-state index in [4.69, 9.17) is 9.84 Å². The van der Waals surface area contributed by atoms with Crippen molar-refractivity contribution in [1.82, 2.24) is 0 Å². The van der Waals surface area contributed by atoms with E-state index >= 15 is 0 Å². The van der Waals surface area contributed by atoms with Gasteiger partial charge in [0.25, 0.3) is 0 Å². The number of rotatable bonds is 7. The molecule has 1 aromatic carbocycles. The molecule has 3 nitrogen and oxygen atoms in total. The molecule has 1 aliphatic rings. The Labute approximate surface area is 156 Å². The van der Waals surface area contributed by atoms with Crippen molar-refractivity contribution >= 4 is 5.78 Å². The number of hydrogen-bond donors (Lipinski definition) is 1. The summed E-state index contributed by atoms with van der Waals surface area (Å²) in [6.07, 6.45) is 5.13. The van der Waals surface area contributed by atoms with Crippen LogP contribution in [0.4, 0.5) is 4.39 Å². The van der Waals surface area contributed by atoms with Gasteiger partial charge in [0.1, 0.15) is 11.6 Å². The second kappa shape index (κ2) is 10.9. The maximum absolute atomic E-state index is 14.0. The number of aliphatic hydroxyl groups excluding tert-OH is 1. The zero-order chi connectivity index (χ0) is 19.7. The molecule has 0 amide bonds. The molecule has 0 radical (unpaired) electrons. The average Bonchev–Trinajstić information content (AvgIpc) is 2.63. The van der Waals surface area contributed by atoms with Crippen molar-refractivity contribution in [3.05, 3.63) is 59.6 Å². The summed E-state index contributed by atoms with van der Waals surface area (Å²) >= 11 is 0. The van der Waals surface area contributed by atoms with Gasteiger partial charge >= 0.3 is 0 Å². The molecule has 3 atom stereocenters. The van der Waals surface area contributed by atoms with Gasteiger partial charge in [0.15, 0.2) is 12.6 Å². The van der Waals surface area contributed by atoms with E-state index in [1.165, 1.54) is 12.1 Å². The number of hydrogen-bond acceptors (Lipinski definition) is 3. The van der Waals surface area contributed by atoms with Crippen LogP contribution in [-0.2, 0) is 16.0 Å². The van der Waals surface area contributed by atoms with Crippen LogP contribution in [0.3, 0.4) is 0 Å². The van der Waals surface area contributed by atoms with Crippen LogP contribution in [0.1, 0.15) is 44.7 Å². The predicted molar refractivity (Wildman–Crippen MR) is 103 cm³/mol. The topological polar surface area (TPSA) is 46.5 Å². The summed E-state index contributed by atoms with van der Waals surface area (Å²) in [6.45, 7) is 11.1. The first-order valence-corrected chi connectivity index (χ1v) is 9.33. The van der Waals surface area contributed by atoms with Gasteiger partial charge in [-0.1, -0.05) is 39.0 Å². The third-order valence-electron chi connectivity index (χ3n) is 4.80. The molecule has 1 aliphatic carbocycles. The zero-order valence-electron chi connectivity index (χ0n) is 16.3. The lowest BCUT2D eigenvalue weighted by Gasteiger charge is -2.30. The molecule has 0 saturated heterocycles. The van der Waals surface area contributed by atoms with Crippen LogP contribution in [0.5, 0.6) is 0 Å². The van der Waals surface area contributed by atoms with Crippen LogP contribution < -0.4 is 0 Å². The molecule has 1 aromatic rings. The van der Waals surface area contributed by atoms with Gasteiger partial charge in [-0.15, -0.1) is 6.58 Å². The van der Waals surface area contributed by atoms with Gasteiger partial charge in [0, 0.05) is 17.9 Å². The number of benzene rings is 1. The predicted octanol–water partition coefficient (Wildman–Crippen LogP) is 4.97. The highest BCUT2D eigenvalue weighted by molar-refractivity contribution is 5.93. The lowest BCUT2D eigenvalue weighted by atomic mass is 9.76. The number of carbonyl (C=O) groups is 1. The molecule has 3 unspecified atom stereocenters. The Morgan fingerprint density at radius 2 is 2.12 bits per heavy atom. The van der Waals surface area contributed by atoms with Crippen LogP contribution in [0.25, 0.3) is 0 Å². The minimum atomic E-state index is -0.462. The number of ether oxygens (including phenoxy) is 1. The van der Waals surface area contributed by atoms with Gasteiger partial charge in [-0.25, -0.2) is 4.39 Å². The molecular formula is C22H31FO3. The molecule has 0 heterocycles. The molecule has 0 spiro atoms. The van der Waals surface area contributed by atoms with Crippen molar-refractivity contribution in [1.29, 1.82) is 0 Å². The first-order valence-electron chi connectivity index (χ1n) is 9.33. The van der Waals surface area contributed by atoms with Crippen molar-refractivity contribution in [3.63, 3.8) is 0 Å². The highest BCUT2D eigenvalue weighted by Crippen LogP contribution is 2.35. The van der Waals surface area contributed by atoms with E-state index in [0.717, 1.165) is 5.56 Å². The molecule has 0 bridgehead atoms. The number of halogens is 1. The third kappa shape index (κ3) is 5.80. The van der Waals surface area contributed by atoms with Gasteiger partial charge < -0.3 is 9.84 Å². The molecule has 0 aliphatic heterocycles. The normalized spacial score (nSPS) is 20.5. The maximum atomic E-state index is 14.0. The fraction of sp³-hybridized carbons (Fsp3) is 0.500. The Morgan fingerprint density at radius 1 is 1.42 bits per heavy atom. The van der Waals surface area contributed by atoms with Gasteiger partial charge in [-0.3, -0.25) is 4.79 Å². The van der Waals surface area contributed by atoms with Crippen LogP contribution in [0.15, 0.2) is 42.7 Å². The highest BCUT2D eigenvalue weighted by Gasteiger charge is 2.33. The second-order valence-electron chi connectivity index (χ2n) is 6.49. The van der Waals surface area contributed by atoms with Crippen molar-refractivity contribution in [2.75, 3.05) is 6.79 Å². The van der Waals surface area contributed by atoms with E-state index in [1.807, 2.05) is 33.8 Å². The second-order valence-corrected chi connectivity index (χ2v) is 6.49. The maximum Gasteiger partial charge on any atom is 0.185 e. The molecule has 1 N–H and O–H groups in total. The standard InChI is InChI=1S/C20H25FO3.C2H6/c1-4-14(3)17-10-16(20(24-12-22)11-19(17)23)8-7-15-6-5-13(2)9-18(15)21;1-2/h4-6,9,11,14,16-17,22H,1,7-8,10,12H2,2-3H3;1-2H3. The van der Waals surface area contributed by atoms with Gasteiger partial charge in [0.05, 0.1) is 0 Å². The van der Waals surface area contributed by atoms with E-state index in [2.05, 4.69) is 6.58 Å². The molecule has 0 aromatic heterocycles. The largest absolute Gasteiger partial charge is 0.472 e. The number of aryl methyl sites for hydroxylation is 2. The molecule has 2 rings (SSSR count). The number of ketones is 1. The summed E-state index contributed by atoms with van der Waals surface area (Å²) in [4.78, 5) is 12.2. The average molecular weight is 362 g/mol. The number of carbonyl (C=O) groups excluding carboxylic acids is 1. The summed E-state index contributed by atoms with van der Waals surface area (Å²) in [6, 6.07) is 5.23. The Morgan fingerprint density at radius 3 is 2.69 bits per heavy atom. The molecule has 4 heteroatoms. The van der Waals surface area contributed by atoms with E-state index in [0.29, 0.717) is 30.6 Å². The van der Waals surface area contributed by atoms with Gasteiger partial charge in [0.2, 0.25) is 0 Å². The summed E-state index contributed by atoms with van der Waals surface area (Å²) < 4.78 is 19.3. The molecule has 144 valence electrons. The van der Waals surface area contributed by atoms with Gasteiger partial charge in [-0.2, -0.15) is 0 Å². The Balaban J connectivity index is 0.00000163. The third-order valence-corrected chi connectivity index (χ3v) is 4.80. The first-order chi connectivity index (χ1) is 12.5. The Kier molecular flexibility index (Phi) is 9.28. The fourth-order valence-electron chi connectivity index (χ4n) is 3.22. The summed E-state index contributed by atoms with van der Waals surface area (Å²) in [5, 5.41) is 9.05. The molecule has 0 fully saturated rings. The fourth-order valence-corrected chi connectivity index (χ4v) is 3.22.